The van der Waals surface area contributed by atoms with Crippen LogP contribution in [0.25, 0.3) is 0 Å². The molecule has 1 rings (SSSR count). The molecule has 0 bridgehead atoms. The van der Waals surface area contributed by atoms with Crippen molar-refractivity contribution in [3.63, 3.8) is 0 Å². The molecule has 0 fully saturated rings. The number of carboxylic acid groups (broad SMARTS) is 1. The van der Waals surface area contributed by atoms with Crippen LogP contribution in [0, 0.1) is 0 Å². The van der Waals surface area contributed by atoms with Crippen LogP contribution in [0.2, 0.25) is 0 Å². The molecule has 3 N–H and O–H groups in total. The third-order valence-electron chi connectivity index (χ3n) is 1.76. The minimum Gasteiger partial charge on any atom is -0.481 e. The van der Waals surface area contributed by atoms with E-state index in [4.69, 9.17) is 10.8 Å². The Hall–Kier alpha value is -1.01. The number of aromatic nitrogens is 2. The highest BCUT2D eigenvalue weighted by molar-refractivity contribution is 9.10. The van der Waals surface area contributed by atoms with E-state index in [0.29, 0.717) is 10.3 Å². The molecule has 0 aliphatic rings. The fourth-order valence-electron chi connectivity index (χ4n) is 1.05. The SMILES string of the molecule is NCC(CC(=O)O)c1cnc(Br)cn1. The summed E-state index contributed by atoms with van der Waals surface area (Å²) in [5, 5.41) is 8.62. The summed E-state index contributed by atoms with van der Waals surface area (Å²) in [6.45, 7) is 0.253. The van der Waals surface area contributed by atoms with Crippen molar-refractivity contribution in [1.82, 2.24) is 9.97 Å². The smallest absolute Gasteiger partial charge is 0.304 e. The number of aliphatic carboxylic acids is 1. The van der Waals surface area contributed by atoms with Crippen molar-refractivity contribution in [3.8, 4) is 0 Å². The summed E-state index contributed by atoms with van der Waals surface area (Å²) in [5.74, 6) is -1.15. The molecule has 14 heavy (non-hydrogen) atoms. The molecule has 5 nitrogen and oxygen atoms in total. The van der Waals surface area contributed by atoms with Gasteiger partial charge < -0.3 is 10.8 Å². The lowest BCUT2D eigenvalue weighted by Crippen LogP contribution is -2.17. The minimum absolute atomic E-state index is 0.0210. The monoisotopic (exact) mass is 259 g/mol. The zero-order valence-corrected chi connectivity index (χ0v) is 8.94. The van der Waals surface area contributed by atoms with Crippen LogP contribution in [-0.2, 0) is 4.79 Å². The first-order valence-corrected chi connectivity index (χ1v) is 4.82. The van der Waals surface area contributed by atoms with Gasteiger partial charge in [-0.15, -0.1) is 0 Å². The lowest BCUT2D eigenvalue weighted by molar-refractivity contribution is -0.137. The van der Waals surface area contributed by atoms with Gasteiger partial charge in [-0.25, -0.2) is 4.98 Å². The summed E-state index contributed by atoms with van der Waals surface area (Å²) in [6, 6.07) is 0. The molecule has 0 saturated carbocycles. The number of rotatable bonds is 4. The standard InChI is InChI=1S/C8H10BrN3O2/c9-7-4-11-6(3-12-7)5(2-10)1-8(13)14/h3-5H,1-2,10H2,(H,13,14). The highest BCUT2D eigenvalue weighted by Crippen LogP contribution is 2.16. The van der Waals surface area contributed by atoms with E-state index in [9.17, 15) is 4.79 Å². The highest BCUT2D eigenvalue weighted by atomic mass is 79.9. The van der Waals surface area contributed by atoms with Crippen LogP contribution in [0.15, 0.2) is 17.0 Å². The van der Waals surface area contributed by atoms with Gasteiger partial charge in [-0.05, 0) is 15.9 Å². The Morgan fingerprint density at radius 1 is 1.57 bits per heavy atom. The van der Waals surface area contributed by atoms with Crippen molar-refractivity contribution in [2.45, 2.75) is 12.3 Å². The van der Waals surface area contributed by atoms with E-state index in [2.05, 4.69) is 25.9 Å². The van der Waals surface area contributed by atoms with Crippen molar-refractivity contribution in [3.05, 3.63) is 22.7 Å². The maximum Gasteiger partial charge on any atom is 0.304 e. The molecule has 0 aliphatic carbocycles. The average Bonchev–Trinajstić information content (AvgIpc) is 2.15. The minimum atomic E-state index is -0.884. The van der Waals surface area contributed by atoms with Gasteiger partial charge in [0.05, 0.1) is 24.5 Å². The van der Waals surface area contributed by atoms with E-state index in [1.165, 1.54) is 12.4 Å². The molecule has 0 saturated heterocycles. The second-order valence-corrected chi connectivity index (χ2v) is 3.61. The van der Waals surface area contributed by atoms with Gasteiger partial charge in [0.25, 0.3) is 0 Å². The molecule has 1 unspecified atom stereocenters. The molecule has 0 aromatic carbocycles. The number of hydrogen-bond acceptors (Lipinski definition) is 4. The largest absolute Gasteiger partial charge is 0.481 e. The lowest BCUT2D eigenvalue weighted by Gasteiger charge is -2.10. The van der Waals surface area contributed by atoms with Crippen LogP contribution in [0.4, 0.5) is 0 Å². The molecule has 1 aromatic heterocycles. The molecule has 0 spiro atoms. The van der Waals surface area contributed by atoms with E-state index in [0.717, 1.165) is 0 Å². The van der Waals surface area contributed by atoms with Crippen LogP contribution < -0.4 is 5.73 Å². The van der Waals surface area contributed by atoms with E-state index in [-0.39, 0.29) is 18.9 Å². The van der Waals surface area contributed by atoms with E-state index >= 15 is 0 Å². The fraction of sp³-hybridized carbons (Fsp3) is 0.375. The zero-order valence-electron chi connectivity index (χ0n) is 7.35. The lowest BCUT2D eigenvalue weighted by atomic mass is 10.0. The van der Waals surface area contributed by atoms with Gasteiger partial charge in [0.15, 0.2) is 0 Å². The summed E-state index contributed by atoms with van der Waals surface area (Å²) in [6.07, 6.45) is 3.04. The van der Waals surface area contributed by atoms with Crippen molar-refractivity contribution in [2.75, 3.05) is 6.54 Å². The van der Waals surface area contributed by atoms with Gasteiger partial charge in [0.2, 0.25) is 0 Å². The number of hydrogen-bond donors (Lipinski definition) is 2. The number of carbonyl (C=O) groups is 1. The summed E-state index contributed by atoms with van der Waals surface area (Å²) in [5.41, 5.74) is 6.06. The fourth-order valence-corrected chi connectivity index (χ4v) is 1.26. The maximum absolute atomic E-state index is 10.5. The van der Waals surface area contributed by atoms with Crippen LogP contribution in [-0.4, -0.2) is 27.6 Å². The Morgan fingerprint density at radius 2 is 2.29 bits per heavy atom. The quantitative estimate of drug-likeness (QED) is 0.834. The van der Waals surface area contributed by atoms with E-state index < -0.39 is 5.97 Å². The van der Waals surface area contributed by atoms with Gasteiger partial charge >= 0.3 is 5.97 Å². The Labute approximate surface area is 89.5 Å². The number of nitrogens with two attached hydrogens (primary N) is 1. The molecule has 76 valence electrons. The summed E-state index contributed by atoms with van der Waals surface area (Å²) < 4.78 is 0.618. The van der Waals surface area contributed by atoms with Crippen LogP contribution in [0.3, 0.4) is 0 Å². The van der Waals surface area contributed by atoms with Crippen molar-refractivity contribution < 1.29 is 9.90 Å². The summed E-state index contributed by atoms with van der Waals surface area (Å²) in [4.78, 5) is 18.5. The van der Waals surface area contributed by atoms with Crippen LogP contribution >= 0.6 is 15.9 Å². The summed E-state index contributed by atoms with van der Waals surface area (Å²) in [7, 11) is 0. The molecule has 1 heterocycles. The number of carboxylic acids is 1. The van der Waals surface area contributed by atoms with Gasteiger partial charge in [0.1, 0.15) is 4.60 Å². The topological polar surface area (TPSA) is 89.1 Å². The summed E-state index contributed by atoms with van der Waals surface area (Å²) >= 11 is 3.15. The van der Waals surface area contributed by atoms with E-state index in [1.54, 1.807) is 0 Å². The number of nitrogens with zero attached hydrogens (tertiary/aromatic N) is 2. The second-order valence-electron chi connectivity index (χ2n) is 2.79. The van der Waals surface area contributed by atoms with Crippen molar-refractivity contribution >= 4 is 21.9 Å². The van der Waals surface area contributed by atoms with Gasteiger partial charge in [-0.3, -0.25) is 9.78 Å². The third kappa shape index (κ3) is 3.04. The van der Waals surface area contributed by atoms with Gasteiger partial charge in [0, 0.05) is 12.5 Å². The molecule has 6 heteroatoms. The first-order valence-electron chi connectivity index (χ1n) is 4.02. The van der Waals surface area contributed by atoms with Gasteiger partial charge in [-0.2, -0.15) is 0 Å². The predicted octanol–water partition coefficient (Wildman–Crippen LogP) is 0.756. The second kappa shape index (κ2) is 5.02. The van der Waals surface area contributed by atoms with Crippen LogP contribution in [0.5, 0.6) is 0 Å². The first kappa shape index (κ1) is 11.1. The van der Waals surface area contributed by atoms with Gasteiger partial charge in [-0.1, -0.05) is 0 Å². The van der Waals surface area contributed by atoms with Crippen LogP contribution in [0.1, 0.15) is 18.0 Å². The zero-order chi connectivity index (χ0) is 10.6. The van der Waals surface area contributed by atoms with Crippen molar-refractivity contribution in [1.29, 1.82) is 0 Å². The Balaban J connectivity index is 2.78. The molecule has 0 aliphatic heterocycles. The average molecular weight is 260 g/mol. The molecule has 0 radical (unpaired) electrons. The molecule has 0 amide bonds. The van der Waals surface area contributed by atoms with Crippen molar-refractivity contribution in [2.24, 2.45) is 5.73 Å². The Bertz CT molecular complexity index is 315. The normalized spacial score (nSPS) is 12.4. The van der Waals surface area contributed by atoms with E-state index in [1.807, 2.05) is 0 Å². The molecular weight excluding hydrogens is 250 g/mol. The first-order chi connectivity index (χ1) is 6.63. The maximum atomic E-state index is 10.5. The Morgan fingerprint density at radius 3 is 2.71 bits per heavy atom. The predicted molar refractivity (Wildman–Crippen MR) is 53.8 cm³/mol. The highest BCUT2D eigenvalue weighted by Gasteiger charge is 2.15. The number of halogens is 1. The third-order valence-corrected chi connectivity index (χ3v) is 2.17. The Kier molecular flexibility index (Phi) is 3.97. The molecular formula is C8H10BrN3O2. The molecule has 1 aromatic rings. The molecule has 1 atom stereocenters.